The summed E-state index contributed by atoms with van der Waals surface area (Å²) in [5.41, 5.74) is 4.15. The molecule has 1 fully saturated rings. The van der Waals surface area contributed by atoms with Gasteiger partial charge >= 0.3 is 0 Å². The Morgan fingerprint density at radius 3 is 2.72 bits per heavy atom. The van der Waals surface area contributed by atoms with Crippen molar-refractivity contribution in [2.75, 3.05) is 11.1 Å². The summed E-state index contributed by atoms with van der Waals surface area (Å²) in [5, 5.41) is 4.83. The molecule has 0 bridgehead atoms. The highest BCUT2D eigenvalue weighted by Crippen LogP contribution is 2.37. The van der Waals surface area contributed by atoms with E-state index in [4.69, 9.17) is 0 Å². The molecule has 0 spiro atoms. The predicted molar refractivity (Wildman–Crippen MR) is 125 cm³/mol. The number of nitrogens with one attached hydrogen (secondary N) is 2. The van der Waals surface area contributed by atoms with Crippen LogP contribution in [0, 0.1) is 5.92 Å². The van der Waals surface area contributed by atoms with Crippen LogP contribution in [0.3, 0.4) is 0 Å². The van der Waals surface area contributed by atoms with Crippen molar-refractivity contribution in [1.29, 1.82) is 0 Å². The zero-order valence-electron chi connectivity index (χ0n) is 17.6. The molecule has 2 N–H and O–H groups in total. The standard InChI is InChI=1S/C24H31N3OS/c1-4-13-29-18-9-10-22(26-17-7-5-16(2)6-8-17)20(14-18)21-15-27(3)24(28)23-19(21)11-12-25-23/h9-12,14-17,25-26H,4-8,13H2,1-3H3. The number of aromatic amines is 1. The summed E-state index contributed by atoms with van der Waals surface area (Å²) < 4.78 is 1.69. The molecule has 0 aliphatic heterocycles. The first kappa shape index (κ1) is 20.1. The maximum absolute atomic E-state index is 12.5. The summed E-state index contributed by atoms with van der Waals surface area (Å²) in [7, 11) is 1.83. The Labute approximate surface area is 177 Å². The summed E-state index contributed by atoms with van der Waals surface area (Å²) in [6.45, 7) is 4.57. The lowest BCUT2D eigenvalue weighted by Crippen LogP contribution is -2.25. The normalized spacial score (nSPS) is 19.6. The zero-order chi connectivity index (χ0) is 20.4. The third-order valence-electron chi connectivity index (χ3n) is 6.02. The Bertz CT molecular complexity index is 1040. The van der Waals surface area contributed by atoms with Gasteiger partial charge in [0.05, 0.1) is 0 Å². The smallest absolute Gasteiger partial charge is 0.274 e. The van der Waals surface area contributed by atoms with Gasteiger partial charge in [-0.05, 0) is 68.0 Å². The van der Waals surface area contributed by atoms with E-state index in [0.717, 1.165) is 29.0 Å². The molecule has 1 aromatic carbocycles. The van der Waals surface area contributed by atoms with Gasteiger partial charge in [-0.2, -0.15) is 0 Å². The van der Waals surface area contributed by atoms with E-state index in [1.807, 2.05) is 37.3 Å². The van der Waals surface area contributed by atoms with Crippen molar-refractivity contribution in [1.82, 2.24) is 9.55 Å². The van der Waals surface area contributed by atoms with Crippen LogP contribution < -0.4 is 10.9 Å². The number of aryl methyl sites for hydroxylation is 1. The molecule has 0 radical (unpaired) electrons. The molecular weight excluding hydrogens is 378 g/mol. The molecular formula is C24H31N3OS. The molecule has 154 valence electrons. The molecule has 2 aromatic heterocycles. The second-order valence-electron chi connectivity index (χ2n) is 8.38. The fourth-order valence-electron chi connectivity index (χ4n) is 4.29. The van der Waals surface area contributed by atoms with E-state index in [1.165, 1.54) is 41.8 Å². The average molecular weight is 410 g/mol. The number of rotatable bonds is 6. The second kappa shape index (κ2) is 8.70. The minimum Gasteiger partial charge on any atom is -0.382 e. The number of nitrogens with zero attached hydrogens (tertiary/aromatic N) is 1. The quantitative estimate of drug-likeness (QED) is 0.489. The third kappa shape index (κ3) is 4.25. The molecule has 2 heterocycles. The number of H-pyrrole nitrogens is 1. The van der Waals surface area contributed by atoms with E-state index in [2.05, 4.69) is 42.3 Å². The van der Waals surface area contributed by atoms with Crippen LogP contribution in [0.4, 0.5) is 5.69 Å². The lowest BCUT2D eigenvalue weighted by Gasteiger charge is -2.29. The topological polar surface area (TPSA) is 49.8 Å². The summed E-state index contributed by atoms with van der Waals surface area (Å²) in [5.74, 6) is 1.95. The van der Waals surface area contributed by atoms with Crippen LogP contribution in [0.5, 0.6) is 0 Å². The summed E-state index contributed by atoms with van der Waals surface area (Å²) >= 11 is 1.89. The molecule has 1 aliphatic rings. The molecule has 4 nitrogen and oxygen atoms in total. The van der Waals surface area contributed by atoms with E-state index in [1.54, 1.807) is 4.57 Å². The van der Waals surface area contributed by atoms with E-state index in [9.17, 15) is 4.79 Å². The van der Waals surface area contributed by atoms with Crippen molar-refractivity contribution in [3.8, 4) is 11.1 Å². The number of hydrogen-bond acceptors (Lipinski definition) is 3. The molecule has 0 amide bonds. The Balaban J connectivity index is 1.78. The molecule has 3 aromatic rings. The van der Waals surface area contributed by atoms with Gasteiger partial charge in [0.25, 0.3) is 5.56 Å². The maximum Gasteiger partial charge on any atom is 0.274 e. The first-order valence-electron chi connectivity index (χ1n) is 10.8. The lowest BCUT2D eigenvalue weighted by atomic mass is 9.87. The van der Waals surface area contributed by atoms with Gasteiger partial charge in [-0.25, -0.2) is 0 Å². The lowest BCUT2D eigenvalue weighted by molar-refractivity contribution is 0.361. The van der Waals surface area contributed by atoms with E-state index >= 15 is 0 Å². The SMILES string of the molecule is CCCSc1ccc(NC2CCC(C)CC2)c(-c2cn(C)c(=O)c3[nH]ccc23)c1. The maximum atomic E-state index is 12.5. The predicted octanol–water partition coefficient (Wildman–Crippen LogP) is 6.03. The van der Waals surface area contributed by atoms with Gasteiger partial charge in [0.1, 0.15) is 5.52 Å². The third-order valence-corrected chi connectivity index (χ3v) is 7.22. The van der Waals surface area contributed by atoms with Crippen LogP contribution in [-0.2, 0) is 7.05 Å². The highest BCUT2D eigenvalue weighted by Gasteiger charge is 2.20. The van der Waals surface area contributed by atoms with Crippen molar-refractivity contribution in [2.24, 2.45) is 13.0 Å². The van der Waals surface area contributed by atoms with Crippen LogP contribution in [-0.4, -0.2) is 21.3 Å². The van der Waals surface area contributed by atoms with Gasteiger partial charge in [-0.1, -0.05) is 13.8 Å². The fraction of sp³-hybridized carbons (Fsp3) is 0.458. The van der Waals surface area contributed by atoms with Gasteiger partial charge in [0, 0.05) is 52.6 Å². The van der Waals surface area contributed by atoms with E-state index in [0.29, 0.717) is 11.6 Å². The van der Waals surface area contributed by atoms with Crippen molar-refractivity contribution in [3.05, 3.63) is 47.0 Å². The molecule has 0 saturated heterocycles. The van der Waals surface area contributed by atoms with Crippen molar-refractivity contribution in [2.45, 2.75) is 56.9 Å². The van der Waals surface area contributed by atoms with Crippen LogP contribution in [0.25, 0.3) is 22.0 Å². The number of anilines is 1. The Hall–Kier alpha value is -2.14. The monoisotopic (exact) mass is 409 g/mol. The van der Waals surface area contributed by atoms with Gasteiger partial charge < -0.3 is 14.9 Å². The van der Waals surface area contributed by atoms with Crippen LogP contribution >= 0.6 is 11.8 Å². The van der Waals surface area contributed by atoms with E-state index < -0.39 is 0 Å². The fourth-order valence-corrected chi connectivity index (χ4v) is 5.09. The highest BCUT2D eigenvalue weighted by atomic mass is 32.2. The van der Waals surface area contributed by atoms with Crippen LogP contribution in [0.15, 0.2) is 46.3 Å². The molecule has 4 rings (SSSR count). The molecule has 0 atom stereocenters. The summed E-state index contributed by atoms with van der Waals surface area (Å²) in [4.78, 5) is 16.9. The minimum atomic E-state index is 0.0149. The van der Waals surface area contributed by atoms with E-state index in [-0.39, 0.29) is 5.56 Å². The average Bonchev–Trinajstić information content (AvgIpc) is 3.22. The van der Waals surface area contributed by atoms with Gasteiger partial charge in [-0.15, -0.1) is 11.8 Å². The number of pyridine rings is 1. The summed E-state index contributed by atoms with van der Waals surface area (Å²) in [6.07, 6.45) is 10.0. The van der Waals surface area contributed by atoms with Gasteiger partial charge in [-0.3, -0.25) is 4.79 Å². The number of hydrogen-bond donors (Lipinski definition) is 2. The Morgan fingerprint density at radius 2 is 1.97 bits per heavy atom. The largest absolute Gasteiger partial charge is 0.382 e. The van der Waals surface area contributed by atoms with Crippen LogP contribution in [0.1, 0.15) is 46.0 Å². The first-order valence-corrected chi connectivity index (χ1v) is 11.8. The van der Waals surface area contributed by atoms with Crippen molar-refractivity contribution < 1.29 is 0 Å². The molecule has 0 unspecified atom stereocenters. The highest BCUT2D eigenvalue weighted by molar-refractivity contribution is 7.99. The molecule has 1 saturated carbocycles. The van der Waals surface area contributed by atoms with Gasteiger partial charge in [0.15, 0.2) is 0 Å². The Morgan fingerprint density at radius 1 is 1.17 bits per heavy atom. The number of thioether (sulfide) groups is 1. The zero-order valence-corrected chi connectivity index (χ0v) is 18.4. The van der Waals surface area contributed by atoms with Crippen molar-refractivity contribution >= 4 is 28.4 Å². The van der Waals surface area contributed by atoms with Crippen LogP contribution in [0.2, 0.25) is 0 Å². The number of benzene rings is 1. The number of aromatic nitrogens is 2. The first-order chi connectivity index (χ1) is 14.1. The minimum absolute atomic E-state index is 0.0149. The molecule has 5 heteroatoms. The summed E-state index contributed by atoms with van der Waals surface area (Å²) in [6, 6.07) is 9.29. The van der Waals surface area contributed by atoms with Gasteiger partial charge in [0.2, 0.25) is 0 Å². The molecule has 1 aliphatic carbocycles. The van der Waals surface area contributed by atoms with Crippen molar-refractivity contribution in [3.63, 3.8) is 0 Å². The molecule has 29 heavy (non-hydrogen) atoms. The number of fused-ring (bicyclic) bond motifs is 1. The second-order valence-corrected chi connectivity index (χ2v) is 9.55. The Kier molecular flexibility index (Phi) is 6.04.